The molecule has 3 rings (SSSR count). The second-order valence-corrected chi connectivity index (χ2v) is 6.68. The van der Waals surface area contributed by atoms with Crippen LogP contribution in [-0.2, 0) is 0 Å². The summed E-state index contributed by atoms with van der Waals surface area (Å²) < 4.78 is 7.57. The molecular weight excluding hydrogens is 398 g/mol. The third-order valence-electron chi connectivity index (χ3n) is 3.42. The van der Waals surface area contributed by atoms with Gasteiger partial charge in [-0.05, 0) is 42.5 Å². The van der Waals surface area contributed by atoms with Gasteiger partial charge in [-0.2, -0.15) is 0 Å². The number of benzene rings is 2. The summed E-state index contributed by atoms with van der Waals surface area (Å²) in [5.41, 5.74) is 1.67. The molecule has 2 aromatic rings. The SMILES string of the molecule is O=C(NC1CCOc2ccc(Br)cc21)c1ccc(Br)cc1. The van der Waals surface area contributed by atoms with Crippen molar-refractivity contribution in [3.63, 3.8) is 0 Å². The summed E-state index contributed by atoms with van der Waals surface area (Å²) in [7, 11) is 0. The van der Waals surface area contributed by atoms with Gasteiger partial charge in [0.2, 0.25) is 0 Å². The third kappa shape index (κ3) is 3.30. The molecule has 0 spiro atoms. The number of hydrogen-bond acceptors (Lipinski definition) is 2. The van der Waals surface area contributed by atoms with Crippen molar-refractivity contribution in [3.05, 3.63) is 62.5 Å². The van der Waals surface area contributed by atoms with E-state index in [-0.39, 0.29) is 11.9 Å². The Morgan fingerprint density at radius 2 is 1.81 bits per heavy atom. The number of fused-ring (bicyclic) bond motifs is 1. The molecule has 1 heterocycles. The van der Waals surface area contributed by atoms with Crippen LogP contribution in [0.5, 0.6) is 5.75 Å². The lowest BCUT2D eigenvalue weighted by atomic mass is 10.00. The monoisotopic (exact) mass is 409 g/mol. The Hall–Kier alpha value is -1.33. The predicted molar refractivity (Wildman–Crippen MR) is 88.6 cm³/mol. The van der Waals surface area contributed by atoms with E-state index in [2.05, 4.69) is 37.2 Å². The Morgan fingerprint density at radius 3 is 2.57 bits per heavy atom. The zero-order valence-corrected chi connectivity index (χ0v) is 14.3. The average Bonchev–Trinajstić information content (AvgIpc) is 2.48. The fraction of sp³-hybridized carbons (Fsp3) is 0.188. The molecule has 108 valence electrons. The predicted octanol–water partition coefficient (Wildman–Crippen LogP) is 4.47. The van der Waals surface area contributed by atoms with Gasteiger partial charge in [-0.15, -0.1) is 0 Å². The van der Waals surface area contributed by atoms with Gasteiger partial charge in [0, 0.05) is 26.5 Å². The van der Waals surface area contributed by atoms with Crippen LogP contribution in [0, 0.1) is 0 Å². The fourth-order valence-electron chi connectivity index (χ4n) is 2.36. The van der Waals surface area contributed by atoms with Crippen molar-refractivity contribution in [1.82, 2.24) is 5.32 Å². The largest absolute Gasteiger partial charge is 0.493 e. The van der Waals surface area contributed by atoms with Gasteiger partial charge in [0.25, 0.3) is 5.91 Å². The van der Waals surface area contributed by atoms with Crippen molar-refractivity contribution in [3.8, 4) is 5.75 Å². The van der Waals surface area contributed by atoms with Crippen molar-refractivity contribution in [2.24, 2.45) is 0 Å². The Labute approximate surface area is 140 Å². The van der Waals surface area contributed by atoms with Crippen molar-refractivity contribution in [2.45, 2.75) is 12.5 Å². The number of ether oxygens (including phenoxy) is 1. The number of hydrogen-bond donors (Lipinski definition) is 1. The summed E-state index contributed by atoms with van der Waals surface area (Å²) in [5.74, 6) is 0.769. The summed E-state index contributed by atoms with van der Waals surface area (Å²) in [4.78, 5) is 12.3. The number of rotatable bonds is 2. The van der Waals surface area contributed by atoms with Crippen LogP contribution in [0.25, 0.3) is 0 Å². The van der Waals surface area contributed by atoms with Gasteiger partial charge in [-0.25, -0.2) is 0 Å². The Bertz CT molecular complexity index is 670. The van der Waals surface area contributed by atoms with E-state index in [9.17, 15) is 4.79 Å². The lowest BCUT2D eigenvalue weighted by Crippen LogP contribution is -2.32. The molecule has 1 amide bonds. The van der Waals surface area contributed by atoms with E-state index in [1.165, 1.54) is 0 Å². The van der Waals surface area contributed by atoms with Crippen LogP contribution in [0.1, 0.15) is 28.4 Å². The molecule has 0 saturated heterocycles. The molecule has 5 heteroatoms. The number of carbonyl (C=O) groups excluding carboxylic acids is 1. The third-order valence-corrected chi connectivity index (χ3v) is 4.44. The number of nitrogens with one attached hydrogen (secondary N) is 1. The number of halogens is 2. The van der Waals surface area contributed by atoms with E-state index in [1.807, 2.05) is 30.3 Å². The molecule has 0 radical (unpaired) electrons. The summed E-state index contributed by atoms with van der Waals surface area (Å²) in [6.07, 6.45) is 0.770. The second kappa shape index (κ2) is 6.20. The normalized spacial score (nSPS) is 16.8. The van der Waals surface area contributed by atoms with Crippen LogP contribution in [0.15, 0.2) is 51.4 Å². The van der Waals surface area contributed by atoms with E-state index in [1.54, 1.807) is 12.1 Å². The highest BCUT2D eigenvalue weighted by Gasteiger charge is 2.23. The first-order chi connectivity index (χ1) is 10.1. The molecule has 3 nitrogen and oxygen atoms in total. The van der Waals surface area contributed by atoms with E-state index in [0.717, 1.165) is 26.7 Å². The van der Waals surface area contributed by atoms with E-state index in [4.69, 9.17) is 4.74 Å². The molecule has 1 aliphatic rings. The van der Waals surface area contributed by atoms with Crippen LogP contribution >= 0.6 is 31.9 Å². The summed E-state index contributed by atoms with van der Waals surface area (Å²) in [6, 6.07) is 13.2. The molecule has 1 aliphatic heterocycles. The molecule has 2 aromatic carbocycles. The van der Waals surface area contributed by atoms with Gasteiger partial charge in [0.1, 0.15) is 5.75 Å². The Morgan fingerprint density at radius 1 is 1.10 bits per heavy atom. The summed E-state index contributed by atoms with van der Waals surface area (Å²) >= 11 is 6.83. The van der Waals surface area contributed by atoms with Gasteiger partial charge in [0.05, 0.1) is 12.6 Å². The van der Waals surface area contributed by atoms with Gasteiger partial charge < -0.3 is 10.1 Å². The minimum atomic E-state index is -0.0691. The van der Waals surface area contributed by atoms with Crippen LogP contribution < -0.4 is 10.1 Å². The summed E-state index contributed by atoms with van der Waals surface area (Å²) in [6.45, 7) is 0.611. The topological polar surface area (TPSA) is 38.3 Å². The zero-order valence-electron chi connectivity index (χ0n) is 11.1. The van der Waals surface area contributed by atoms with Crippen molar-refractivity contribution < 1.29 is 9.53 Å². The number of amides is 1. The van der Waals surface area contributed by atoms with Gasteiger partial charge in [0.15, 0.2) is 0 Å². The standard InChI is InChI=1S/C16H13Br2NO2/c17-11-3-1-10(2-4-11)16(20)19-14-7-8-21-15-6-5-12(18)9-13(14)15/h1-6,9,14H,7-8H2,(H,19,20). The fourth-order valence-corrected chi connectivity index (χ4v) is 3.00. The van der Waals surface area contributed by atoms with Gasteiger partial charge in [-0.3, -0.25) is 4.79 Å². The van der Waals surface area contributed by atoms with Gasteiger partial charge >= 0.3 is 0 Å². The average molecular weight is 411 g/mol. The molecule has 1 N–H and O–H groups in total. The molecule has 0 bridgehead atoms. The maximum atomic E-state index is 12.3. The van der Waals surface area contributed by atoms with E-state index >= 15 is 0 Å². The highest BCUT2D eigenvalue weighted by molar-refractivity contribution is 9.10. The molecule has 1 atom stereocenters. The van der Waals surface area contributed by atoms with Crippen LogP contribution in [0.4, 0.5) is 0 Å². The van der Waals surface area contributed by atoms with Crippen LogP contribution in [-0.4, -0.2) is 12.5 Å². The molecule has 0 fully saturated rings. The maximum absolute atomic E-state index is 12.3. The molecule has 0 aliphatic carbocycles. The van der Waals surface area contributed by atoms with E-state index < -0.39 is 0 Å². The Balaban J connectivity index is 1.81. The molecule has 21 heavy (non-hydrogen) atoms. The molecule has 1 unspecified atom stereocenters. The van der Waals surface area contributed by atoms with Crippen LogP contribution in [0.2, 0.25) is 0 Å². The lowest BCUT2D eigenvalue weighted by Gasteiger charge is -2.27. The number of carbonyl (C=O) groups is 1. The minimum absolute atomic E-state index is 0.0256. The molecule has 0 aromatic heterocycles. The van der Waals surface area contributed by atoms with Crippen molar-refractivity contribution in [1.29, 1.82) is 0 Å². The smallest absolute Gasteiger partial charge is 0.251 e. The minimum Gasteiger partial charge on any atom is -0.493 e. The molecular formula is C16H13Br2NO2. The second-order valence-electron chi connectivity index (χ2n) is 4.85. The summed E-state index contributed by atoms with van der Waals surface area (Å²) in [5, 5.41) is 3.08. The first kappa shape index (κ1) is 14.6. The van der Waals surface area contributed by atoms with Gasteiger partial charge in [-0.1, -0.05) is 31.9 Å². The molecule has 0 saturated carbocycles. The van der Waals surface area contributed by atoms with E-state index in [0.29, 0.717) is 12.2 Å². The first-order valence-corrected chi connectivity index (χ1v) is 8.21. The maximum Gasteiger partial charge on any atom is 0.251 e. The highest BCUT2D eigenvalue weighted by Crippen LogP contribution is 2.34. The van der Waals surface area contributed by atoms with Crippen molar-refractivity contribution >= 4 is 37.8 Å². The Kier molecular flexibility index (Phi) is 4.31. The van der Waals surface area contributed by atoms with Crippen LogP contribution in [0.3, 0.4) is 0 Å². The highest BCUT2D eigenvalue weighted by atomic mass is 79.9. The van der Waals surface area contributed by atoms with Crippen molar-refractivity contribution in [2.75, 3.05) is 6.61 Å². The quantitative estimate of drug-likeness (QED) is 0.793. The zero-order chi connectivity index (χ0) is 14.8. The lowest BCUT2D eigenvalue weighted by molar-refractivity contribution is 0.0925. The first-order valence-electron chi connectivity index (χ1n) is 6.62.